The minimum Gasteiger partial charge on any atom is -0.207 e. The van der Waals surface area contributed by atoms with E-state index in [1.807, 2.05) is 18.2 Å². The minimum absolute atomic E-state index is 0.0468. The highest BCUT2D eigenvalue weighted by molar-refractivity contribution is 7.89. The van der Waals surface area contributed by atoms with Gasteiger partial charge in [0.2, 0.25) is 15.8 Å². The van der Waals surface area contributed by atoms with Crippen molar-refractivity contribution in [2.45, 2.75) is 36.2 Å². The van der Waals surface area contributed by atoms with E-state index in [1.54, 1.807) is 10.4 Å². The normalized spacial score (nSPS) is 21.9. The molecule has 3 aromatic rings. The van der Waals surface area contributed by atoms with Crippen LogP contribution >= 0.6 is 11.6 Å². The number of fused-ring (bicyclic) bond motifs is 2. The first kappa shape index (κ1) is 18.5. The summed E-state index contributed by atoms with van der Waals surface area (Å²) in [6.45, 7) is 0. The topological polar surface area (TPSA) is 91.8 Å². The Hall–Kier alpha value is -2.55. The Bertz CT molecular complexity index is 1180. The number of benzene rings is 2. The zero-order valence-corrected chi connectivity index (χ0v) is 16.9. The number of sulfonamides is 1. The summed E-state index contributed by atoms with van der Waals surface area (Å²) in [4.78, 5) is 0.190. The van der Waals surface area contributed by atoms with E-state index in [9.17, 15) is 8.42 Å². The van der Waals surface area contributed by atoms with Gasteiger partial charge in [-0.2, -0.15) is 9.52 Å². The lowest BCUT2D eigenvalue weighted by Crippen LogP contribution is -2.42. The van der Waals surface area contributed by atoms with E-state index in [0.29, 0.717) is 17.0 Å². The van der Waals surface area contributed by atoms with E-state index in [1.165, 1.54) is 17.7 Å². The molecular weight excluding hydrogens is 410 g/mol. The molecule has 0 saturated carbocycles. The molecule has 0 spiro atoms. The number of aromatic nitrogens is 4. The Morgan fingerprint density at radius 1 is 1.10 bits per heavy atom. The summed E-state index contributed by atoms with van der Waals surface area (Å²) < 4.78 is 28.7. The highest BCUT2D eigenvalue weighted by Gasteiger charge is 2.44. The van der Waals surface area contributed by atoms with Gasteiger partial charge in [0.1, 0.15) is 0 Å². The second kappa shape index (κ2) is 7.05. The van der Waals surface area contributed by atoms with E-state index < -0.39 is 10.0 Å². The first-order valence-corrected chi connectivity index (χ1v) is 11.2. The monoisotopic (exact) mass is 427 g/mol. The molecule has 1 saturated heterocycles. The maximum atomic E-state index is 13.5. The third-order valence-corrected chi connectivity index (χ3v) is 7.88. The molecule has 2 aliphatic heterocycles. The summed E-state index contributed by atoms with van der Waals surface area (Å²) in [5.41, 5.74) is 2.81. The van der Waals surface area contributed by atoms with Crippen molar-refractivity contribution in [2.75, 3.05) is 0 Å². The molecule has 1 fully saturated rings. The number of aromatic amines is 1. The molecule has 3 heterocycles. The van der Waals surface area contributed by atoms with Crippen LogP contribution < -0.4 is 0 Å². The van der Waals surface area contributed by atoms with Crippen molar-refractivity contribution >= 4 is 27.2 Å². The summed E-state index contributed by atoms with van der Waals surface area (Å²) in [6, 6.07) is 14.6. The smallest absolute Gasteiger partial charge is 0.207 e. The van der Waals surface area contributed by atoms with Crippen LogP contribution in [0.4, 0.5) is 0 Å². The molecule has 9 heteroatoms. The third-order valence-electron chi connectivity index (χ3n) is 5.58. The van der Waals surface area contributed by atoms with Gasteiger partial charge in [-0.05, 0) is 53.8 Å². The van der Waals surface area contributed by atoms with Crippen molar-refractivity contribution in [1.82, 2.24) is 24.9 Å². The fourth-order valence-electron chi connectivity index (χ4n) is 4.27. The van der Waals surface area contributed by atoms with E-state index in [2.05, 4.69) is 38.8 Å². The average Bonchev–Trinajstić information content (AvgIpc) is 3.35. The number of rotatable bonds is 4. The van der Waals surface area contributed by atoms with Crippen LogP contribution in [0.2, 0.25) is 5.02 Å². The van der Waals surface area contributed by atoms with Gasteiger partial charge in [-0.1, -0.05) is 48.0 Å². The predicted octanol–water partition coefficient (Wildman–Crippen LogP) is 3.53. The maximum absolute atomic E-state index is 13.5. The molecule has 2 bridgehead atoms. The molecular formula is C20H18ClN5O2S. The quantitative estimate of drug-likeness (QED) is 0.687. The van der Waals surface area contributed by atoms with Gasteiger partial charge in [-0.25, -0.2) is 8.42 Å². The van der Waals surface area contributed by atoms with Crippen LogP contribution in [0.1, 0.15) is 24.8 Å². The average molecular weight is 428 g/mol. The van der Waals surface area contributed by atoms with Gasteiger partial charge in [0.25, 0.3) is 0 Å². The van der Waals surface area contributed by atoms with Gasteiger partial charge in [0.15, 0.2) is 0 Å². The van der Waals surface area contributed by atoms with E-state index in [-0.39, 0.29) is 22.8 Å². The second-order valence-electron chi connectivity index (χ2n) is 7.27. The Labute approximate surface area is 173 Å². The van der Waals surface area contributed by atoms with Crippen LogP contribution in [0.3, 0.4) is 0 Å². The Balaban J connectivity index is 1.52. The number of halogens is 1. The highest BCUT2D eigenvalue weighted by Crippen LogP contribution is 2.42. The summed E-state index contributed by atoms with van der Waals surface area (Å²) in [7, 11) is -3.69. The van der Waals surface area contributed by atoms with E-state index >= 15 is 0 Å². The molecule has 0 amide bonds. The lowest BCUT2D eigenvalue weighted by atomic mass is 9.96. The zero-order valence-electron chi connectivity index (χ0n) is 15.4. The third kappa shape index (κ3) is 3.17. The van der Waals surface area contributed by atoms with Crippen molar-refractivity contribution < 1.29 is 8.42 Å². The molecule has 5 rings (SSSR count). The van der Waals surface area contributed by atoms with Crippen LogP contribution in [-0.4, -0.2) is 45.4 Å². The molecule has 2 unspecified atom stereocenters. The number of nitrogens with zero attached hydrogens (tertiary/aromatic N) is 4. The second-order valence-corrected chi connectivity index (χ2v) is 9.52. The number of hydrogen-bond acceptors (Lipinski definition) is 5. The summed E-state index contributed by atoms with van der Waals surface area (Å²) >= 11 is 6.24. The Kier molecular flexibility index (Phi) is 4.49. The van der Waals surface area contributed by atoms with Crippen molar-refractivity contribution in [1.29, 1.82) is 0 Å². The lowest BCUT2D eigenvalue weighted by molar-refractivity contribution is 0.345. The van der Waals surface area contributed by atoms with E-state index in [4.69, 9.17) is 11.6 Å². The minimum atomic E-state index is -3.69. The zero-order chi connectivity index (χ0) is 20.0. The number of H-pyrrole nitrogens is 1. The maximum Gasteiger partial charge on any atom is 0.243 e. The fraction of sp³-hybridized carbons (Fsp3) is 0.250. The van der Waals surface area contributed by atoms with Crippen molar-refractivity contribution in [2.24, 2.45) is 0 Å². The molecule has 7 nitrogen and oxygen atoms in total. The van der Waals surface area contributed by atoms with Crippen LogP contribution in [0.25, 0.3) is 17.0 Å². The van der Waals surface area contributed by atoms with Crippen molar-refractivity contribution in [3.05, 3.63) is 65.2 Å². The van der Waals surface area contributed by atoms with Crippen molar-refractivity contribution in [3.63, 3.8) is 0 Å². The summed E-state index contributed by atoms with van der Waals surface area (Å²) in [5.74, 6) is 0.264. The molecule has 1 aromatic heterocycles. The molecule has 2 aliphatic rings. The largest absolute Gasteiger partial charge is 0.243 e. The molecule has 29 heavy (non-hydrogen) atoms. The first-order valence-electron chi connectivity index (χ1n) is 9.37. The summed E-state index contributed by atoms with van der Waals surface area (Å²) in [6.07, 6.45) is 4.49. The molecule has 0 aliphatic carbocycles. The number of tetrazole rings is 1. The van der Waals surface area contributed by atoms with Crippen LogP contribution in [-0.2, 0) is 10.0 Å². The Morgan fingerprint density at radius 2 is 1.93 bits per heavy atom. The predicted molar refractivity (Wildman–Crippen MR) is 109 cm³/mol. The van der Waals surface area contributed by atoms with Crippen LogP contribution in [0.5, 0.6) is 0 Å². The number of nitrogens with one attached hydrogen (secondary N) is 1. The SMILES string of the molecule is O=S(=O)(c1ccc(Cl)c(-c2nn[nH]n2)c1)N1C2C=C(c3ccccc3)CC1CC2. The van der Waals surface area contributed by atoms with Crippen LogP contribution in [0, 0.1) is 0 Å². The van der Waals surface area contributed by atoms with Gasteiger partial charge in [0.05, 0.1) is 9.92 Å². The lowest BCUT2D eigenvalue weighted by Gasteiger charge is -2.33. The highest BCUT2D eigenvalue weighted by atomic mass is 35.5. The van der Waals surface area contributed by atoms with Gasteiger partial charge in [0, 0.05) is 17.6 Å². The van der Waals surface area contributed by atoms with Gasteiger partial charge >= 0.3 is 0 Å². The van der Waals surface area contributed by atoms with E-state index in [0.717, 1.165) is 18.4 Å². The number of hydrogen-bond donors (Lipinski definition) is 1. The van der Waals surface area contributed by atoms with Gasteiger partial charge < -0.3 is 0 Å². The standard InChI is InChI=1S/C20H18ClN5O2S/c21-19-9-8-17(12-18(19)20-22-24-25-23-20)29(27,28)26-15-6-7-16(26)11-14(10-15)13-4-2-1-3-5-13/h1-5,8-10,12,15-16H,6-7,11H2,(H,22,23,24,25). The van der Waals surface area contributed by atoms with Gasteiger partial charge in [-0.3, -0.25) is 0 Å². The molecule has 2 aromatic carbocycles. The van der Waals surface area contributed by atoms with Crippen molar-refractivity contribution in [3.8, 4) is 11.4 Å². The molecule has 0 radical (unpaired) electrons. The Morgan fingerprint density at radius 3 is 2.66 bits per heavy atom. The molecule has 148 valence electrons. The van der Waals surface area contributed by atoms with Crippen LogP contribution in [0.15, 0.2) is 59.5 Å². The molecule has 2 atom stereocenters. The summed E-state index contributed by atoms with van der Waals surface area (Å²) in [5, 5.41) is 14.1. The fourth-order valence-corrected chi connectivity index (χ4v) is 6.31. The molecule has 1 N–H and O–H groups in total. The van der Waals surface area contributed by atoms with Gasteiger partial charge in [-0.15, -0.1) is 10.2 Å². The first-order chi connectivity index (χ1) is 14.0.